The molecule has 0 fully saturated rings. The molecule has 21 heavy (non-hydrogen) atoms. The van der Waals surface area contributed by atoms with Crippen LogP contribution < -0.4 is 0 Å². The van der Waals surface area contributed by atoms with E-state index < -0.39 is 0 Å². The first-order valence-corrected chi connectivity index (χ1v) is 8.12. The van der Waals surface area contributed by atoms with E-state index in [9.17, 15) is 5.11 Å². The second kappa shape index (κ2) is 4.70. The van der Waals surface area contributed by atoms with Crippen molar-refractivity contribution in [1.82, 2.24) is 4.98 Å². The summed E-state index contributed by atoms with van der Waals surface area (Å²) >= 11 is 0. The number of aromatic nitrogens is 1. The minimum atomic E-state index is -0.0612. The average molecular weight is 283 g/mol. The number of hydrogen-bond donors (Lipinski definition) is 2. The standard InChI is InChI=1S/C18H22N2O/c1-2-18(12-21)9-5-10-20-11-8-14-13-6-3-4-7-15(13)19-16(14)17(18)20/h3-4,6-7,21H,2,5,8-12H2,1H3/p+1/t18-/m1/s1. The fourth-order valence-corrected chi connectivity index (χ4v) is 4.34. The molecule has 2 aliphatic heterocycles. The zero-order chi connectivity index (χ0) is 14.4. The lowest BCUT2D eigenvalue weighted by molar-refractivity contribution is -0.538. The van der Waals surface area contributed by atoms with E-state index in [0.717, 1.165) is 32.4 Å². The number of aliphatic hydroxyl groups excluding tert-OH is 1. The van der Waals surface area contributed by atoms with Crippen molar-refractivity contribution in [2.45, 2.75) is 32.6 Å². The molecule has 0 aliphatic carbocycles. The van der Waals surface area contributed by atoms with Gasteiger partial charge in [-0.15, -0.1) is 0 Å². The van der Waals surface area contributed by atoms with Gasteiger partial charge in [0.15, 0.2) is 0 Å². The van der Waals surface area contributed by atoms with Crippen molar-refractivity contribution in [2.24, 2.45) is 5.41 Å². The van der Waals surface area contributed by atoms with E-state index >= 15 is 0 Å². The predicted octanol–water partition coefficient (Wildman–Crippen LogP) is 2.71. The maximum atomic E-state index is 10.1. The maximum absolute atomic E-state index is 10.1. The first-order valence-electron chi connectivity index (χ1n) is 8.12. The minimum absolute atomic E-state index is 0.0612. The molecule has 0 saturated carbocycles. The molecule has 0 bridgehead atoms. The van der Waals surface area contributed by atoms with Gasteiger partial charge >= 0.3 is 0 Å². The van der Waals surface area contributed by atoms with E-state index in [1.807, 2.05) is 0 Å². The smallest absolute Gasteiger partial charge is 0.208 e. The molecule has 1 aromatic heterocycles. The molecule has 2 N–H and O–H groups in total. The molecule has 0 radical (unpaired) electrons. The van der Waals surface area contributed by atoms with Crippen molar-refractivity contribution >= 4 is 16.6 Å². The van der Waals surface area contributed by atoms with Gasteiger partial charge in [-0.2, -0.15) is 0 Å². The van der Waals surface area contributed by atoms with Crippen LogP contribution in [-0.2, 0) is 6.42 Å². The van der Waals surface area contributed by atoms with Gasteiger partial charge in [-0.05, 0) is 24.5 Å². The number of nitrogens with zero attached hydrogens (tertiary/aromatic N) is 1. The minimum Gasteiger partial charge on any atom is -0.395 e. The highest BCUT2D eigenvalue weighted by Gasteiger charge is 2.47. The molecule has 110 valence electrons. The van der Waals surface area contributed by atoms with E-state index in [0.29, 0.717) is 0 Å². The van der Waals surface area contributed by atoms with Crippen LogP contribution in [0.2, 0.25) is 0 Å². The normalized spacial score (nSPS) is 25.0. The summed E-state index contributed by atoms with van der Waals surface area (Å²) in [6, 6.07) is 8.59. The largest absolute Gasteiger partial charge is 0.395 e. The average Bonchev–Trinajstić information content (AvgIpc) is 2.92. The van der Waals surface area contributed by atoms with Crippen molar-refractivity contribution in [3.63, 3.8) is 0 Å². The SMILES string of the molecule is CC[C@]1(CO)CCC[N+]2=C1c1[nH]c3ccccc3c1CC2. The second-order valence-electron chi connectivity index (χ2n) is 6.51. The molecule has 1 aromatic carbocycles. The lowest BCUT2D eigenvalue weighted by Crippen LogP contribution is -2.48. The highest BCUT2D eigenvalue weighted by atomic mass is 16.3. The van der Waals surface area contributed by atoms with Crippen molar-refractivity contribution < 1.29 is 9.68 Å². The fraction of sp³-hybridized carbons (Fsp3) is 0.500. The summed E-state index contributed by atoms with van der Waals surface area (Å²) in [5.41, 5.74) is 5.28. The van der Waals surface area contributed by atoms with E-state index in [4.69, 9.17) is 0 Å². The molecule has 2 aromatic rings. The fourth-order valence-electron chi connectivity index (χ4n) is 4.34. The van der Waals surface area contributed by atoms with Crippen LogP contribution in [0.4, 0.5) is 0 Å². The Hall–Kier alpha value is -1.61. The Kier molecular flexibility index (Phi) is 2.93. The number of H-pyrrole nitrogens is 1. The molecular weight excluding hydrogens is 260 g/mol. The van der Waals surface area contributed by atoms with Crippen molar-refractivity contribution in [2.75, 3.05) is 19.7 Å². The number of hydrogen-bond acceptors (Lipinski definition) is 1. The monoisotopic (exact) mass is 283 g/mol. The molecule has 3 nitrogen and oxygen atoms in total. The molecule has 0 spiro atoms. The van der Waals surface area contributed by atoms with E-state index in [1.54, 1.807) is 0 Å². The summed E-state index contributed by atoms with van der Waals surface area (Å²) in [6.45, 7) is 4.69. The summed E-state index contributed by atoms with van der Waals surface area (Å²) in [5.74, 6) is 0. The summed E-state index contributed by atoms with van der Waals surface area (Å²) in [5, 5.41) is 11.5. The van der Waals surface area contributed by atoms with Gasteiger partial charge in [0.1, 0.15) is 18.8 Å². The third-order valence-electron chi connectivity index (χ3n) is 5.56. The molecule has 3 heteroatoms. The highest BCUT2D eigenvalue weighted by molar-refractivity contribution is 6.06. The Morgan fingerprint density at radius 1 is 1.29 bits per heavy atom. The number of nitrogens with one attached hydrogen (secondary N) is 1. The van der Waals surface area contributed by atoms with Gasteiger partial charge in [0, 0.05) is 23.7 Å². The topological polar surface area (TPSA) is 39.0 Å². The van der Waals surface area contributed by atoms with Gasteiger partial charge in [0.25, 0.3) is 0 Å². The molecule has 0 amide bonds. The Labute approximate surface area is 125 Å². The zero-order valence-corrected chi connectivity index (χ0v) is 12.7. The van der Waals surface area contributed by atoms with Gasteiger partial charge in [0.2, 0.25) is 5.71 Å². The summed E-state index contributed by atoms with van der Waals surface area (Å²) < 4.78 is 2.51. The quantitative estimate of drug-likeness (QED) is 0.817. The zero-order valence-electron chi connectivity index (χ0n) is 12.7. The van der Waals surface area contributed by atoms with Crippen LogP contribution in [-0.4, -0.2) is 40.1 Å². The number of aromatic amines is 1. The van der Waals surface area contributed by atoms with Gasteiger partial charge in [-0.1, -0.05) is 25.1 Å². The number of fused-ring (bicyclic) bond motifs is 4. The third-order valence-corrected chi connectivity index (χ3v) is 5.56. The lowest BCUT2D eigenvalue weighted by atomic mass is 9.72. The van der Waals surface area contributed by atoms with Crippen LogP contribution in [0.15, 0.2) is 24.3 Å². The highest BCUT2D eigenvalue weighted by Crippen LogP contribution is 2.39. The Balaban J connectivity index is 1.99. The van der Waals surface area contributed by atoms with Gasteiger partial charge in [-0.3, -0.25) is 0 Å². The van der Waals surface area contributed by atoms with Crippen LogP contribution in [0.5, 0.6) is 0 Å². The van der Waals surface area contributed by atoms with Crippen LogP contribution in [0.3, 0.4) is 0 Å². The maximum Gasteiger partial charge on any atom is 0.208 e. The van der Waals surface area contributed by atoms with E-state index in [1.165, 1.54) is 34.3 Å². The Bertz CT molecular complexity index is 722. The first kappa shape index (κ1) is 13.1. The number of para-hydroxylation sites is 1. The van der Waals surface area contributed by atoms with Crippen molar-refractivity contribution in [3.05, 3.63) is 35.5 Å². The van der Waals surface area contributed by atoms with Gasteiger partial charge in [0.05, 0.1) is 12.0 Å². The van der Waals surface area contributed by atoms with Crippen LogP contribution >= 0.6 is 0 Å². The second-order valence-corrected chi connectivity index (χ2v) is 6.51. The van der Waals surface area contributed by atoms with Crippen LogP contribution in [0, 0.1) is 5.41 Å². The molecule has 3 heterocycles. The number of aliphatic hydroxyl groups is 1. The molecule has 4 rings (SSSR count). The van der Waals surface area contributed by atoms with Gasteiger partial charge in [-0.25, -0.2) is 4.58 Å². The molecular formula is C18H23N2O+. The van der Waals surface area contributed by atoms with Gasteiger partial charge < -0.3 is 10.1 Å². The van der Waals surface area contributed by atoms with Crippen molar-refractivity contribution in [3.8, 4) is 0 Å². The molecule has 0 unspecified atom stereocenters. The predicted molar refractivity (Wildman–Crippen MR) is 85.1 cm³/mol. The lowest BCUT2D eigenvalue weighted by Gasteiger charge is -2.35. The summed E-state index contributed by atoms with van der Waals surface area (Å²) in [4.78, 5) is 3.65. The third kappa shape index (κ3) is 1.73. The van der Waals surface area contributed by atoms with Crippen molar-refractivity contribution in [1.29, 1.82) is 0 Å². The molecule has 2 aliphatic rings. The molecule has 0 saturated heterocycles. The van der Waals surface area contributed by atoms with Crippen LogP contribution in [0.25, 0.3) is 10.9 Å². The Morgan fingerprint density at radius 3 is 2.95 bits per heavy atom. The first-order chi connectivity index (χ1) is 10.3. The number of benzene rings is 1. The van der Waals surface area contributed by atoms with Crippen LogP contribution in [0.1, 0.15) is 37.4 Å². The number of rotatable bonds is 2. The Morgan fingerprint density at radius 2 is 2.14 bits per heavy atom. The summed E-state index contributed by atoms with van der Waals surface area (Å²) in [7, 11) is 0. The van der Waals surface area contributed by atoms with E-state index in [-0.39, 0.29) is 12.0 Å². The summed E-state index contributed by atoms with van der Waals surface area (Å²) in [6.07, 6.45) is 4.40. The van der Waals surface area contributed by atoms with E-state index in [2.05, 4.69) is 40.7 Å². The molecule has 1 atom stereocenters.